The Morgan fingerprint density at radius 3 is 2.41 bits per heavy atom. The summed E-state index contributed by atoms with van der Waals surface area (Å²) in [7, 11) is 0. The third-order valence-corrected chi connectivity index (χ3v) is 6.63. The van der Waals surface area contributed by atoms with Crippen LogP contribution in [0.4, 0.5) is 0 Å². The van der Waals surface area contributed by atoms with Gasteiger partial charge in [-0.1, -0.05) is 25.3 Å². The van der Waals surface area contributed by atoms with Crippen molar-refractivity contribution in [1.82, 2.24) is 19.6 Å². The predicted octanol–water partition coefficient (Wildman–Crippen LogP) is 3.43. The summed E-state index contributed by atoms with van der Waals surface area (Å²) in [6.07, 6.45) is 14.1. The average molecular weight is 371 g/mol. The van der Waals surface area contributed by atoms with Crippen LogP contribution in [0.3, 0.4) is 0 Å². The van der Waals surface area contributed by atoms with Gasteiger partial charge in [-0.05, 0) is 58.0 Å². The molecule has 0 aromatic carbocycles. The molecule has 27 heavy (non-hydrogen) atoms. The summed E-state index contributed by atoms with van der Waals surface area (Å²) in [6, 6.07) is 0.571. The van der Waals surface area contributed by atoms with E-state index in [2.05, 4.69) is 11.5 Å². The number of hydrogen-bond donors (Lipinski definition) is 0. The minimum absolute atomic E-state index is 0.153. The van der Waals surface area contributed by atoms with Crippen molar-refractivity contribution in [2.24, 2.45) is 0 Å². The lowest BCUT2D eigenvalue weighted by Crippen LogP contribution is -2.41. The lowest BCUT2D eigenvalue weighted by Gasteiger charge is -2.35. The fourth-order valence-corrected chi connectivity index (χ4v) is 5.13. The summed E-state index contributed by atoms with van der Waals surface area (Å²) in [5, 5.41) is 4.77. The molecule has 0 bridgehead atoms. The van der Waals surface area contributed by atoms with Crippen molar-refractivity contribution in [3.63, 3.8) is 0 Å². The topological polar surface area (TPSA) is 41.4 Å². The molecule has 2 aliphatic heterocycles. The van der Waals surface area contributed by atoms with E-state index in [0.29, 0.717) is 12.6 Å². The number of fused-ring (bicyclic) bond motifs is 1. The molecule has 1 unspecified atom stereocenters. The van der Waals surface area contributed by atoms with Gasteiger partial charge >= 0.3 is 0 Å². The predicted molar refractivity (Wildman–Crippen MR) is 108 cm³/mol. The van der Waals surface area contributed by atoms with Crippen LogP contribution >= 0.6 is 0 Å². The molecular formula is C22H34N4O. The molecule has 2 fully saturated rings. The molecule has 1 aliphatic carbocycles. The molecule has 2 saturated heterocycles. The monoisotopic (exact) mass is 370 g/mol. The van der Waals surface area contributed by atoms with E-state index in [-0.39, 0.29) is 5.91 Å². The standard InChI is InChI=1S/C22H34N4O/c1-2-12-26-20-11-10-18(24-13-6-4-3-5-7-14-24)17-19(20)21(23-26)22(27)25-15-8-9-16-25/h2,18H,1,3-17H2. The smallest absolute Gasteiger partial charge is 0.274 e. The van der Waals surface area contributed by atoms with Crippen LogP contribution in [0.2, 0.25) is 0 Å². The van der Waals surface area contributed by atoms with Gasteiger partial charge in [0.05, 0.1) is 6.54 Å². The Morgan fingerprint density at radius 1 is 1.04 bits per heavy atom. The van der Waals surface area contributed by atoms with E-state index < -0.39 is 0 Å². The molecule has 0 N–H and O–H groups in total. The number of aromatic nitrogens is 2. The summed E-state index contributed by atoms with van der Waals surface area (Å²) >= 11 is 0. The van der Waals surface area contributed by atoms with E-state index in [4.69, 9.17) is 5.10 Å². The van der Waals surface area contributed by atoms with Crippen molar-refractivity contribution >= 4 is 5.91 Å². The molecule has 1 aromatic heterocycles. The van der Waals surface area contributed by atoms with Gasteiger partial charge in [-0.2, -0.15) is 5.10 Å². The Balaban J connectivity index is 1.58. The highest BCUT2D eigenvalue weighted by Crippen LogP contribution is 2.30. The van der Waals surface area contributed by atoms with E-state index in [0.717, 1.165) is 44.5 Å². The Kier molecular flexibility index (Phi) is 5.96. The van der Waals surface area contributed by atoms with E-state index in [1.165, 1.54) is 62.9 Å². The summed E-state index contributed by atoms with van der Waals surface area (Å²) in [5.41, 5.74) is 3.23. The van der Waals surface area contributed by atoms with Gasteiger partial charge in [-0.15, -0.1) is 6.58 Å². The third-order valence-electron chi connectivity index (χ3n) is 6.63. The van der Waals surface area contributed by atoms with E-state index in [1.54, 1.807) is 0 Å². The van der Waals surface area contributed by atoms with Crippen molar-refractivity contribution in [1.29, 1.82) is 0 Å². The molecule has 4 rings (SSSR count). The van der Waals surface area contributed by atoms with Crippen LogP contribution in [0.25, 0.3) is 0 Å². The van der Waals surface area contributed by atoms with Crippen LogP contribution in [-0.4, -0.2) is 57.7 Å². The quantitative estimate of drug-likeness (QED) is 0.763. The first-order valence-electron chi connectivity index (χ1n) is 11.0. The second-order valence-electron chi connectivity index (χ2n) is 8.44. The molecule has 148 valence electrons. The second-order valence-corrected chi connectivity index (χ2v) is 8.44. The van der Waals surface area contributed by atoms with Gasteiger partial charge in [-0.3, -0.25) is 9.48 Å². The van der Waals surface area contributed by atoms with Gasteiger partial charge in [0.25, 0.3) is 5.91 Å². The molecule has 3 aliphatic rings. The first kappa shape index (κ1) is 18.7. The molecule has 1 amide bonds. The maximum atomic E-state index is 13.1. The number of likely N-dealkylation sites (tertiary alicyclic amines) is 2. The summed E-state index contributed by atoms with van der Waals surface area (Å²) in [5.74, 6) is 0.153. The summed E-state index contributed by atoms with van der Waals surface area (Å²) in [6.45, 7) is 8.79. The normalized spacial score (nSPS) is 24.3. The maximum Gasteiger partial charge on any atom is 0.274 e. The van der Waals surface area contributed by atoms with Crippen LogP contribution in [0.5, 0.6) is 0 Å². The zero-order chi connectivity index (χ0) is 18.6. The van der Waals surface area contributed by atoms with Crippen molar-refractivity contribution in [3.05, 3.63) is 29.6 Å². The van der Waals surface area contributed by atoms with Crippen LogP contribution in [0.1, 0.15) is 73.1 Å². The Bertz CT molecular complexity index is 666. The highest BCUT2D eigenvalue weighted by Gasteiger charge is 2.33. The van der Waals surface area contributed by atoms with Gasteiger partial charge in [0.15, 0.2) is 5.69 Å². The molecule has 0 radical (unpaired) electrons. The molecular weight excluding hydrogens is 336 g/mol. The van der Waals surface area contributed by atoms with Crippen LogP contribution in [0.15, 0.2) is 12.7 Å². The van der Waals surface area contributed by atoms with Crippen LogP contribution in [-0.2, 0) is 19.4 Å². The number of carbonyl (C=O) groups excluding carboxylic acids is 1. The van der Waals surface area contributed by atoms with Gasteiger partial charge in [0, 0.05) is 30.4 Å². The molecule has 5 heteroatoms. The number of nitrogens with zero attached hydrogens (tertiary/aromatic N) is 4. The average Bonchev–Trinajstić information content (AvgIpc) is 3.30. The van der Waals surface area contributed by atoms with Gasteiger partial charge < -0.3 is 9.80 Å². The Morgan fingerprint density at radius 2 is 1.70 bits per heavy atom. The molecule has 0 spiro atoms. The lowest BCUT2D eigenvalue weighted by atomic mass is 9.89. The summed E-state index contributed by atoms with van der Waals surface area (Å²) < 4.78 is 2.04. The fraction of sp³-hybridized carbons (Fsp3) is 0.727. The minimum atomic E-state index is 0.153. The van der Waals surface area contributed by atoms with Crippen LogP contribution in [0, 0.1) is 0 Å². The number of amides is 1. The van der Waals surface area contributed by atoms with Gasteiger partial charge in [0.1, 0.15) is 0 Å². The van der Waals surface area contributed by atoms with E-state index in [9.17, 15) is 4.79 Å². The van der Waals surface area contributed by atoms with Crippen molar-refractivity contribution in [2.75, 3.05) is 26.2 Å². The summed E-state index contributed by atoms with van der Waals surface area (Å²) in [4.78, 5) is 17.8. The number of carbonyl (C=O) groups is 1. The second kappa shape index (κ2) is 8.59. The van der Waals surface area contributed by atoms with Gasteiger partial charge in [-0.25, -0.2) is 0 Å². The highest BCUT2D eigenvalue weighted by atomic mass is 16.2. The number of allylic oxidation sites excluding steroid dienone is 1. The first-order valence-corrected chi connectivity index (χ1v) is 11.0. The fourth-order valence-electron chi connectivity index (χ4n) is 5.13. The SMILES string of the molecule is C=CCn1nc(C(=O)N2CCCC2)c2c1CCC(N1CCCCCCC1)C2. The Hall–Kier alpha value is -1.62. The molecule has 1 atom stereocenters. The zero-order valence-corrected chi connectivity index (χ0v) is 16.7. The molecule has 1 aromatic rings. The van der Waals surface area contributed by atoms with E-state index >= 15 is 0 Å². The van der Waals surface area contributed by atoms with Crippen LogP contribution < -0.4 is 0 Å². The first-order chi connectivity index (χ1) is 13.3. The highest BCUT2D eigenvalue weighted by molar-refractivity contribution is 5.94. The van der Waals surface area contributed by atoms with Crippen molar-refractivity contribution < 1.29 is 4.79 Å². The molecule has 0 saturated carbocycles. The number of hydrogen-bond acceptors (Lipinski definition) is 3. The van der Waals surface area contributed by atoms with Crippen molar-refractivity contribution in [3.8, 4) is 0 Å². The van der Waals surface area contributed by atoms with Gasteiger partial charge in [0.2, 0.25) is 0 Å². The maximum absolute atomic E-state index is 13.1. The number of rotatable bonds is 4. The van der Waals surface area contributed by atoms with E-state index in [1.807, 2.05) is 15.7 Å². The Labute approximate surface area is 163 Å². The zero-order valence-electron chi connectivity index (χ0n) is 16.7. The lowest BCUT2D eigenvalue weighted by molar-refractivity contribution is 0.0784. The largest absolute Gasteiger partial charge is 0.337 e. The third kappa shape index (κ3) is 3.98. The van der Waals surface area contributed by atoms with Crippen molar-refractivity contribution in [2.45, 2.75) is 76.8 Å². The molecule has 5 nitrogen and oxygen atoms in total. The minimum Gasteiger partial charge on any atom is -0.337 e. The molecule has 3 heterocycles.